The molecule has 2 amide bonds. The minimum absolute atomic E-state index is 0.596. The first-order valence-electron chi connectivity index (χ1n) is 12.6. The summed E-state index contributed by atoms with van der Waals surface area (Å²) in [5, 5.41) is 96.3. The van der Waals surface area contributed by atoms with Gasteiger partial charge in [-0.2, -0.15) is 0 Å². The number of aliphatic hydroxyl groups excluding tert-OH is 9. The standard InChI is InChI=1S/C22H38N2O16/c1-6(27)23-11-16(32)13(29)8(3-25)38-21(11)36-5-10-15(31)19(12(20(35)37-10)24-7(2)28)40-22-18(34)17(33)14(30)9(4-26)39-22/h8-22,25-26,29-35H,3-5H2,1-2H3,(H,23,27)(H,24,28). The van der Waals surface area contributed by atoms with Crippen molar-refractivity contribution in [2.24, 2.45) is 0 Å². The third-order valence-electron chi connectivity index (χ3n) is 6.88. The lowest BCUT2D eigenvalue weighted by Gasteiger charge is -2.47. The maximum Gasteiger partial charge on any atom is 0.217 e. The van der Waals surface area contributed by atoms with E-state index in [0.717, 1.165) is 13.8 Å². The zero-order valence-corrected chi connectivity index (χ0v) is 21.7. The van der Waals surface area contributed by atoms with E-state index in [0.29, 0.717) is 0 Å². The Morgan fingerprint density at radius 2 is 1.18 bits per heavy atom. The fourth-order valence-electron chi connectivity index (χ4n) is 4.76. The maximum absolute atomic E-state index is 11.8. The summed E-state index contributed by atoms with van der Waals surface area (Å²) in [6.07, 6.45) is -21.0. The largest absolute Gasteiger partial charge is 0.394 e. The van der Waals surface area contributed by atoms with Crippen molar-refractivity contribution in [3.63, 3.8) is 0 Å². The number of hydrogen-bond acceptors (Lipinski definition) is 16. The molecule has 0 radical (unpaired) electrons. The molecule has 0 aromatic rings. The molecule has 15 unspecified atom stereocenters. The first-order chi connectivity index (χ1) is 18.8. The van der Waals surface area contributed by atoms with E-state index >= 15 is 0 Å². The molecule has 40 heavy (non-hydrogen) atoms. The summed E-state index contributed by atoms with van der Waals surface area (Å²) in [6.45, 7) is 0.184. The van der Waals surface area contributed by atoms with Gasteiger partial charge in [-0.05, 0) is 0 Å². The van der Waals surface area contributed by atoms with Gasteiger partial charge < -0.3 is 80.3 Å². The van der Waals surface area contributed by atoms with Crippen LogP contribution in [0.3, 0.4) is 0 Å². The summed E-state index contributed by atoms with van der Waals surface area (Å²) in [5.41, 5.74) is 0. The Bertz CT molecular complexity index is 852. The second-order valence-electron chi connectivity index (χ2n) is 9.85. The number of carbonyl (C=O) groups is 2. The normalized spacial score (nSPS) is 46.0. The number of hydrogen-bond donors (Lipinski definition) is 11. The van der Waals surface area contributed by atoms with Crippen LogP contribution >= 0.6 is 0 Å². The van der Waals surface area contributed by atoms with Crippen molar-refractivity contribution in [3.8, 4) is 0 Å². The van der Waals surface area contributed by atoms with Crippen LogP contribution < -0.4 is 10.6 Å². The minimum atomic E-state index is -1.87. The maximum atomic E-state index is 11.8. The van der Waals surface area contributed by atoms with Gasteiger partial charge in [0.05, 0.1) is 19.8 Å². The van der Waals surface area contributed by atoms with Gasteiger partial charge in [0, 0.05) is 13.8 Å². The van der Waals surface area contributed by atoms with Gasteiger partial charge in [0.2, 0.25) is 11.8 Å². The summed E-state index contributed by atoms with van der Waals surface area (Å²) >= 11 is 0. The van der Waals surface area contributed by atoms with Gasteiger partial charge in [-0.1, -0.05) is 0 Å². The molecule has 0 spiro atoms. The van der Waals surface area contributed by atoms with Crippen molar-refractivity contribution < 1.29 is 79.2 Å². The molecule has 0 aromatic carbocycles. The SMILES string of the molecule is CC(=O)NC1C(OCC2OC(O)C(NC(C)=O)C(OC3OC(CO)C(O)C(O)C3O)C2O)OC(CO)C(O)C1O. The van der Waals surface area contributed by atoms with E-state index < -0.39 is 124 Å². The van der Waals surface area contributed by atoms with Gasteiger partial charge in [-0.25, -0.2) is 0 Å². The molecule has 3 aliphatic heterocycles. The fraction of sp³-hybridized carbons (Fsp3) is 0.909. The summed E-state index contributed by atoms with van der Waals surface area (Å²) in [5.74, 6) is -1.26. The first kappa shape index (κ1) is 32.9. The highest BCUT2D eigenvalue weighted by molar-refractivity contribution is 5.73. The van der Waals surface area contributed by atoms with E-state index in [1.807, 2.05) is 0 Å². The number of carbonyl (C=O) groups excluding carboxylic acids is 2. The van der Waals surface area contributed by atoms with Gasteiger partial charge in [0.25, 0.3) is 0 Å². The van der Waals surface area contributed by atoms with Gasteiger partial charge in [0.15, 0.2) is 18.9 Å². The van der Waals surface area contributed by atoms with E-state index in [1.165, 1.54) is 0 Å². The molecule has 0 aliphatic carbocycles. The smallest absolute Gasteiger partial charge is 0.217 e. The van der Waals surface area contributed by atoms with E-state index in [4.69, 9.17) is 23.7 Å². The minimum Gasteiger partial charge on any atom is -0.394 e. The molecule has 3 aliphatic rings. The van der Waals surface area contributed by atoms with E-state index in [2.05, 4.69) is 10.6 Å². The van der Waals surface area contributed by atoms with Crippen LogP contribution in [0, 0.1) is 0 Å². The van der Waals surface area contributed by atoms with Crippen molar-refractivity contribution >= 4 is 11.8 Å². The van der Waals surface area contributed by atoms with Crippen LogP contribution in [-0.4, -0.2) is 170 Å². The lowest BCUT2D eigenvalue weighted by atomic mass is 9.95. The third-order valence-corrected chi connectivity index (χ3v) is 6.88. The molecule has 3 heterocycles. The molecule has 0 bridgehead atoms. The molecule has 3 fully saturated rings. The van der Waals surface area contributed by atoms with E-state index in [1.54, 1.807) is 0 Å². The van der Waals surface area contributed by atoms with E-state index in [9.17, 15) is 55.5 Å². The van der Waals surface area contributed by atoms with Crippen molar-refractivity contribution in [3.05, 3.63) is 0 Å². The van der Waals surface area contributed by atoms with Crippen LogP contribution in [0.1, 0.15) is 13.8 Å². The van der Waals surface area contributed by atoms with Crippen LogP contribution in [0.2, 0.25) is 0 Å². The summed E-state index contributed by atoms with van der Waals surface area (Å²) in [4.78, 5) is 23.4. The highest BCUT2D eigenvalue weighted by atomic mass is 16.7. The van der Waals surface area contributed by atoms with Crippen LogP contribution in [-0.2, 0) is 33.3 Å². The predicted octanol–water partition coefficient (Wildman–Crippen LogP) is -7.29. The Hall–Kier alpha value is -1.62. The predicted molar refractivity (Wildman–Crippen MR) is 124 cm³/mol. The molecule has 11 N–H and O–H groups in total. The van der Waals surface area contributed by atoms with Gasteiger partial charge in [-0.3, -0.25) is 9.59 Å². The third kappa shape index (κ3) is 7.23. The quantitative estimate of drug-likeness (QED) is 0.120. The molecule has 232 valence electrons. The van der Waals surface area contributed by atoms with Crippen molar-refractivity contribution in [2.45, 2.75) is 106 Å². The molecule has 18 nitrogen and oxygen atoms in total. The molecule has 15 atom stereocenters. The summed E-state index contributed by atoms with van der Waals surface area (Å²) in [7, 11) is 0. The number of ether oxygens (including phenoxy) is 5. The van der Waals surface area contributed by atoms with Crippen LogP contribution in [0.15, 0.2) is 0 Å². The van der Waals surface area contributed by atoms with Gasteiger partial charge >= 0.3 is 0 Å². The molecule has 3 saturated heterocycles. The van der Waals surface area contributed by atoms with Crippen LogP contribution in [0.4, 0.5) is 0 Å². The molecular weight excluding hydrogens is 548 g/mol. The Kier molecular flexibility index (Phi) is 11.5. The second-order valence-corrected chi connectivity index (χ2v) is 9.85. The molecule has 0 aromatic heterocycles. The first-order valence-corrected chi connectivity index (χ1v) is 12.6. The van der Waals surface area contributed by atoms with Crippen molar-refractivity contribution in [1.29, 1.82) is 0 Å². The van der Waals surface area contributed by atoms with Gasteiger partial charge in [-0.15, -0.1) is 0 Å². The zero-order chi connectivity index (χ0) is 29.9. The Morgan fingerprint density at radius 3 is 1.73 bits per heavy atom. The number of aliphatic hydroxyl groups is 9. The topological polar surface area (TPSA) is 286 Å². The Labute approximate surface area is 228 Å². The lowest BCUT2D eigenvalue weighted by Crippen LogP contribution is -2.68. The van der Waals surface area contributed by atoms with Crippen LogP contribution in [0.5, 0.6) is 0 Å². The number of amides is 2. The second kappa shape index (κ2) is 14.0. The molecule has 0 saturated carbocycles. The van der Waals surface area contributed by atoms with Crippen molar-refractivity contribution in [2.75, 3.05) is 19.8 Å². The zero-order valence-electron chi connectivity index (χ0n) is 21.7. The van der Waals surface area contributed by atoms with E-state index in [-0.39, 0.29) is 0 Å². The number of rotatable bonds is 9. The van der Waals surface area contributed by atoms with Crippen LogP contribution in [0.25, 0.3) is 0 Å². The van der Waals surface area contributed by atoms with Crippen molar-refractivity contribution in [1.82, 2.24) is 10.6 Å². The Morgan fingerprint density at radius 1 is 0.650 bits per heavy atom. The highest BCUT2D eigenvalue weighted by Gasteiger charge is 2.52. The summed E-state index contributed by atoms with van der Waals surface area (Å²) < 4.78 is 27.4. The fourth-order valence-corrected chi connectivity index (χ4v) is 4.76. The number of nitrogens with one attached hydrogen (secondary N) is 2. The highest BCUT2D eigenvalue weighted by Crippen LogP contribution is 2.30. The average molecular weight is 587 g/mol. The molecule has 18 heteroatoms. The average Bonchev–Trinajstić information content (AvgIpc) is 2.90. The monoisotopic (exact) mass is 586 g/mol. The molecular formula is C22H38N2O16. The summed E-state index contributed by atoms with van der Waals surface area (Å²) in [6, 6.07) is -2.75. The molecule has 3 rings (SSSR count). The van der Waals surface area contributed by atoms with Gasteiger partial charge in [0.1, 0.15) is 73.1 Å². The lowest BCUT2D eigenvalue weighted by molar-refractivity contribution is -0.345. The Balaban J connectivity index is 1.78.